The van der Waals surface area contributed by atoms with Crippen LogP contribution in [0.1, 0.15) is 56.1 Å². The van der Waals surface area contributed by atoms with Gasteiger partial charge in [0.2, 0.25) is 6.23 Å². The second kappa shape index (κ2) is 15.9. The Kier molecular flexibility index (Phi) is 11.6. The highest BCUT2D eigenvalue weighted by molar-refractivity contribution is 9.11. The lowest BCUT2D eigenvalue weighted by Gasteiger charge is -2.50. The molecule has 13 nitrogen and oxygen atoms in total. The van der Waals surface area contributed by atoms with Crippen molar-refractivity contribution in [1.29, 1.82) is 0 Å². The van der Waals surface area contributed by atoms with E-state index >= 15 is 4.79 Å². The molecule has 270 valence electrons. The standard InChI is InChI=1S/C35H44Br2N6O7/c1-49-35(48)50-30-8-4-5-17-43(30,25-9-13-38-14-10-25)32(45)29(20-22-18-26(36)31(44)27(37)19-22)40-33(46)41-15-11-24(12-16-41)42-21-23-6-2-3-7-28(23)39-34(42)47/h2-3,6-7,18-19,24-25,29-30,38H,4-5,8-17,20-21H2,1H3,(H2-,39,40,44,46,47)/p+1/t29-,30?,43+/m1/s1. The molecule has 3 fully saturated rings. The van der Waals surface area contributed by atoms with Crippen molar-refractivity contribution in [2.24, 2.45) is 0 Å². The second-order valence-electron chi connectivity index (χ2n) is 13.5. The van der Waals surface area contributed by atoms with E-state index in [2.05, 4.69) is 47.8 Å². The quantitative estimate of drug-likeness (QED) is 0.213. The highest BCUT2D eigenvalue weighted by Crippen LogP contribution is 2.38. The molecule has 2 aromatic rings. The summed E-state index contributed by atoms with van der Waals surface area (Å²) in [6.07, 6.45) is 3.28. The van der Waals surface area contributed by atoms with E-state index in [1.54, 1.807) is 17.0 Å². The van der Waals surface area contributed by atoms with Crippen molar-refractivity contribution < 1.29 is 38.2 Å². The lowest BCUT2D eigenvalue weighted by atomic mass is 9.92. The Hall–Kier alpha value is -3.40. The summed E-state index contributed by atoms with van der Waals surface area (Å²) in [5.74, 6) is -0.173. The zero-order valence-electron chi connectivity index (χ0n) is 28.2. The molecular weight excluding hydrogens is 776 g/mol. The number of fused-ring (bicyclic) bond motifs is 1. The van der Waals surface area contributed by atoms with Gasteiger partial charge in [0.1, 0.15) is 11.8 Å². The first-order chi connectivity index (χ1) is 24.1. The highest BCUT2D eigenvalue weighted by atomic mass is 79.9. The lowest BCUT2D eigenvalue weighted by Crippen LogP contribution is -2.73. The minimum atomic E-state index is -0.968. The predicted octanol–water partition coefficient (Wildman–Crippen LogP) is 5.44. The summed E-state index contributed by atoms with van der Waals surface area (Å²) in [6.45, 7) is 3.29. The number of para-hydroxylation sites is 1. The van der Waals surface area contributed by atoms with Crippen molar-refractivity contribution in [3.8, 4) is 5.75 Å². The van der Waals surface area contributed by atoms with Crippen LogP contribution in [0.25, 0.3) is 0 Å². The normalized spacial score (nSPS) is 23.7. The maximum absolute atomic E-state index is 15.2. The van der Waals surface area contributed by atoms with Gasteiger partial charge in [-0.2, -0.15) is 0 Å². The number of benzene rings is 2. The number of hydrogen-bond acceptors (Lipinski definition) is 8. The number of hydrogen-bond donors (Lipinski definition) is 4. The number of piperidine rings is 3. The molecule has 4 heterocycles. The Balaban J connectivity index is 1.24. The number of likely N-dealkylation sites (tertiary alicyclic amines) is 2. The van der Waals surface area contributed by atoms with E-state index in [-0.39, 0.29) is 46.7 Å². The number of aromatic hydroxyl groups is 1. The van der Waals surface area contributed by atoms with Gasteiger partial charge in [-0.15, -0.1) is 0 Å². The molecule has 6 rings (SSSR count). The number of rotatable bonds is 7. The average molecular weight is 822 g/mol. The summed E-state index contributed by atoms with van der Waals surface area (Å²) in [5, 5.41) is 19.9. The van der Waals surface area contributed by atoms with E-state index in [9.17, 15) is 19.5 Å². The number of quaternary nitrogens is 1. The first-order valence-corrected chi connectivity index (χ1v) is 18.9. The number of carbonyl (C=O) groups is 4. The number of phenolic OH excluding ortho intramolecular Hbond substituents is 1. The van der Waals surface area contributed by atoms with Gasteiger partial charge in [-0.3, -0.25) is 0 Å². The molecule has 3 atom stereocenters. The maximum Gasteiger partial charge on any atom is 0.512 e. The predicted molar refractivity (Wildman–Crippen MR) is 192 cm³/mol. The third-order valence-corrected chi connectivity index (χ3v) is 11.9. The van der Waals surface area contributed by atoms with Crippen LogP contribution in [0.15, 0.2) is 45.3 Å². The Bertz CT molecular complexity index is 1580. The number of nitrogens with zero attached hydrogens (tertiary/aromatic N) is 3. The first kappa shape index (κ1) is 36.4. The summed E-state index contributed by atoms with van der Waals surface area (Å²) >= 11 is 6.82. The molecule has 2 aromatic carbocycles. The molecule has 4 aliphatic rings. The van der Waals surface area contributed by atoms with Crippen LogP contribution < -0.4 is 16.0 Å². The summed E-state index contributed by atoms with van der Waals surface area (Å²) in [7, 11) is 1.26. The monoisotopic (exact) mass is 819 g/mol. The van der Waals surface area contributed by atoms with Gasteiger partial charge in [0.05, 0.1) is 22.6 Å². The smallest absolute Gasteiger partial charge is 0.506 e. The fraction of sp³-hybridized carbons (Fsp3) is 0.543. The van der Waals surface area contributed by atoms with Crippen molar-refractivity contribution in [2.75, 3.05) is 45.2 Å². The molecule has 15 heteroatoms. The van der Waals surface area contributed by atoms with E-state index in [1.807, 2.05) is 29.2 Å². The number of methoxy groups -OCH3 is 1. The molecule has 5 amide bonds. The number of carbonyl (C=O) groups excluding carboxylic acids is 4. The number of halogens is 2. The summed E-state index contributed by atoms with van der Waals surface area (Å²) in [5.41, 5.74) is 2.60. The van der Waals surface area contributed by atoms with Crippen molar-refractivity contribution in [2.45, 2.75) is 82.3 Å². The van der Waals surface area contributed by atoms with Crippen LogP contribution in [0.2, 0.25) is 0 Å². The topological polar surface area (TPSA) is 150 Å². The fourth-order valence-electron chi connectivity index (χ4n) is 8.10. The molecule has 50 heavy (non-hydrogen) atoms. The first-order valence-electron chi connectivity index (χ1n) is 17.4. The molecular formula is C35H45Br2N6O7+. The molecule has 0 aliphatic carbocycles. The van der Waals surface area contributed by atoms with Crippen LogP contribution in [-0.2, 0) is 27.2 Å². The number of anilines is 1. The molecule has 4 aliphatic heterocycles. The largest absolute Gasteiger partial charge is 0.512 e. The molecule has 0 radical (unpaired) electrons. The van der Waals surface area contributed by atoms with Gasteiger partial charge in [0, 0.05) is 70.1 Å². The Morgan fingerprint density at radius 1 is 1.04 bits per heavy atom. The molecule has 0 spiro atoms. The number of amides is 5. The van der Waals surface area contributed by atoms with Crippen molar-refractivity contribution >= 4 is 61.7 Å². The van der Waals surface area contributed by atoms with Gasteiger partial charge in [-0.25, -0.2) is 23.7 Å². The summed E-state index contributed by atoms with van der Waals surface area (Å²) in [6, 6.07) is 9.63. The fourth-order valence-corrected chi connectivity index (χ4v) is 9.38. The van der Waals surface area contributed by atoms with Gasteiger partial charge in [0.25, 0.3) is 0 Å². The van der Waals surface area contributed by atoms with E-state index in [4.69, 9.17) is 9.47 Å². The van der Waals surface area contributed by atoms with E-state index in [0.717, 1.165) is 42.7 Å². The number of phenols is 1. The Morgan fingerprint density at radius 3 is 2.44 bits per heavy atom. The number of ether oxygens (including phenoxy) is 2. The summed E-state index contributed by atoms with van der Waals surface area (Å²) in [4.78, 5) is 58.3. The van der Waals surface area contributed by atoms with Crippen LogP contribution >= 0.6 is 31.9 Å². The van der Waals surface area contributed by atoms with Crippen LogP contribution in [0.5, 0.6) is 5.75 Å². The maximum atomic E-state index is 15.2. The molecule has 0 bridgehead atoms. The molecule has 3 saturated heterocycles. The van der Waals surface area contributed by atoms with Gasteiger partial charge >= 0.3 is 24.1 Å². The molecule has 4 N–H and O–H groups in total. The SMILES string of the molecule is COC(=O)OC1CCCC[N@+]1(C(=O)[C@@H](Cc1cc(Br)c(O)c(Br)c1)NC(=O)N1CCC(N2Cc3ccccc3NC2=O)CC1)C1CCNCC1. The third-order valence-electron chi connectivity index (χ3n) is 10.7. The van der Waals surface area contributed by atoms with Gasteiger partial charge in [0.15, 0.2) is 6.04 Å². The Labute approximate surface area is 308 Å². The van der Waals surface area contributed by atoms with Crippen LogP contribution in [0, 0.1) is 0 Å². The van der Waals surface area contributed by atoms with Crippen LogP contribution in [0.4, 0.5) is 20.1 Å². The van der Waals surface area contributed by atoms with Gasteiger partial charge in [-0.1, -0.05) is 18.2 Å². The lowest BCUT2D eigenvalue weighted by molar-refractivity contribution is -0.929. The van der Waals surface area contributed by atoms with Crippen molar-refractivity contribution in [3.05, 3.63) is 56.5 Å². The highest BCUT2D eigenvalue weighted by Gasteiger charge is 2.56. The van der Waals surface area contributed by atoms with Crippen molar-refractivity contribution in [3.63, 3.8) is 0 Å². The van der Waals surface area contributed by atoms with E-state index in [0.29, 0.717) is 67.2 Å². The van der Waals surface area contributed by atoms with Crippen LogP contribution in [-0.4, -0.2) is 108 Å². The van der Waals surface area contributed by atoms with Gasteiger partial charge < -0.3 is 40.3 Å². The van der Waals surface area contributed by atoms with Crippen LogP contribution in [0.3, 0.4) is 0 Å². The number of nitrogens with one attached hydrogen (secondary N) is 3. The third kappa shape index (κ3) is 7.60. The zero-order chi connectivity index (χ0) is 35.4. The molecule has 1 unspecified atom stereocenters. The minimum Gasteiger partial charge on any atom is -0.506 e. The van der Waals surface area contributed by atoms with Gasteiger partial charge in [-0.05, 0) is 86.9 Å². The number of urea groups is 2. The molecule has 0 saturated carbocycles. The van der Waals surface area contributed by atoms with E-state index < -0.39 is 18.4 Å². The van der Waals surface area contributed by atoms with E-state index in [1.165, 1.54) is 7.11 Å². The van der Waals surface area contributed by atoms with Crippen molar-refractivity contribution in [1.82, 2.24) is 20.4 Å². The minimum absolute atomic E-state index is 0.0326. The summed E-state index contributed by atoms with van der Waals surface area (Å²) < 4.78 is 11.6. The average Bonchev–Trinajstić information content (AvgIpc) is 3.13. The Morgan fingerprint density at radius 2 is 1.74 bits per heavy atom. The second-order valence-corrected chi connectivity index (χ2v) is 15.3. The molecule has 0 aromatic heterocycles. The zero-order valence-corrected chi connectivity index (χ0v) is 31.3.